The number of carbonyl (C=O) groups excluding carboxylic acids is 1. The van der Waals surface area contributed by atoms with Gasteiger partial charge in [0.15, 0.2) is 0 Å². The smallest absolute Gasteiger partial charge is 0.241 e. The SMILES string of the molecule is CNNC(=O)C(C)c1ccc(-c2ccccc2)cc1. The van der Waals surface area contributed by atoms with Crippen molar-refractivity contribution >= 4 is 5.91 Å². The normalized spacial score (nSPS) is 11.9. The van der Waals surface area contributed by atoms with E-state index in [0.29, 0.717) is 0 Å². The summed E-state index contributed by atoms with van der Waals surface area (Å²) in [6.45, 7) is 1.89. The van der Waals surface area contributed by atoms with Crippen LogP contribution in [0.2, 0.25) is 0 Å². The third kappa shape index (κ3) is 3.20. The maximum Gasteiger partial charge on any atom is 0.241 e. The fraction of sp³-hybridized carbons (Fsp3) is 0.188. The zero-order valence-electron chi connectivity index (χ0n) is 11.2. The van der Waals surface area contributed by atoms with Crippen molar-refractivity contribution in [3.8, 4) is 11.1 Å². The molecule has 0 fully saturated rings. The fourth-order valence-electron chi connectivity index (χ4n) is 1.98. The summed E-state index contributed by atoms with van der Waals surface area (Å²) >= 11 is 0. The first-order valence-electron chi connectivity index (χ1n) is 6.34. The summed E-state index contributed by atoms with van der Waals surface area (Å²) < 4.78 is 0. The van der Waals surface area contributed by atoms with Crippen molar-refractivity contribution in [1.29, 1.82) is 0 Å². The largest absolute Gasteiger partial charge is 0.291 e. The van der Waals surface area contributed by atoms with Crippen molar-refractivity contribution in [2.45, 2.75) is 12.8 Å². The first kappa shape index (κ1) is 13.3. The van der Waals surface area contributed by atoms with E-state index in [1.54, 1.807) is 7.05 Å². The van der Waals surface area contributed by atoms with Gasteiger partial charge in [0.25, 0.3) is 0 Å². The van der Waals surface area contributed by atoms with Gasteiger partial charge in [-0.25, -0.2) is 5.43 Å². The molecule has 0 spiro atoms. The average molecular weight is 254 g/mol. The number of hydrogen-bond donors (Lipinski definition) is 2. The van der Waals surface area contributed by atoms with E-state index in [9.17, 15) is 4.79 Å². The Kier molecular flexibility index (Phi) is 4.31. The van der Waals surface area contributed by atoms with Crippen LogP contribution in [0.4, 0.5) is 0 Å². The van der Waals surface area contributed by atoms with Crippen molar-refractivity contribution < 1.29 is 4.79 Å². The van der Waals surface area contributed by atoms with E-state index in [0.717, 1.165) is 11.1 Å². The fourth-order valence-corrected chi connectivity index (χ4v) is 1.98. The molecule has 0 bridgehead atoms. The minimum Gasteiger partial charge on any atom is -0.291 e. The summed E-state index contributed by atoms with van der Waals surface area (Å²) in [6.07, 6.45) is 0. The van der Waals surface area contributed by atoms with Gasteiger partial charge >= 0.3 is 0 Å². The van der Waals surface area contributed by atoms with E-state index < -0.39 is 0 Å². The third-order valence-corrected chi connectivity index (χ3v) is 3.16. The van der Waals surface area contributed by atoms with E-state index >= 15 is 0 Å². The molecule has 2 N–H and O–H groups in total. The zero-order chi connectivity index (χ0) is 13.7. The van der Waals surface area contributed by atoms with E-state index in [-0.39, 0.29) is 11.8 Å². The molecular weight excluding hydrogens is 236 g/mol. The predicted molar refractivity (Wildman–Crippen MR) is 77.5 cm³/mol. The third-order valence-electron chi connectivity index (χ3n) is 3.16. The standard InChI is InChI=1S/C16H18N2O/c1-12(16(19)18-17-2)13-8-10-15(11-9-13)14-6-4-3-5-7-14/h3-12,17H,1-2H3,(H,18,19). The van der Waals surface area contributed by atoms with Gasteiger partial charge in [-0.1, -0.05) is 54.6 Å². The molecule has 0 aliphatic carbocycles. The molecule has 0 radical (unpaired) electrons. The summed E-state index contributed by atoms with van der Waals surface area (Å²) in [4.78, 5) is 11.7. The number of rotatable bonds is 4. The molecule has 0 saturated heterocycles. The Bertz CT molecular complexity index is 534. The highest BCUT2D eigenvalue weighted by atomic mass is 16.2. The maximum absolute atomic E-state index is 11.7. The van der Waals surface area contributed by atoms with Gasteiger partial charge in [0.1, 0.15) is 0 Å². The summed E-state index contributed by atoms with van der Waals surface area (Å²) in [5.74, 6) is -0.202. The average Bonchev–Trinajstić information content (AvgIpc) is 2.48. The van der Waals surface area contributed by atoms with Crippen LogP contribution >= 0.6 is 0 Å². The highest BCUT2D eigenvalue weighted by Gasteiger charge is 2.14. The van der Waals surface area contributed by atoms with Crippen LogP contribution in [0.15, 0.2) is 54.6 Å². The summed E-state index contributed by atoms with van der Waals surface area (Å²) in [6, 6.07) is 18.3. The minimum absolute atomic E-state index is 0.0324. The van der Waals surface area contributed by atoms with Crippen LogP contribution in [-0.2, 0) is 4.79 Å². The zero-order valence-corrected chi connectivity index (χ0v) is 11.2. The Morgan fingerprint density at radius 2 is 1.53 bits per heavy atom. The number of nitrogens with one attached hydrogen (secondary N) is 2. The Hall–Kier alpha value is -2.13. The molecule has 2 aromatic carbocycles. The van der Waals surface area contributed by atoms with Crippen LogP contribution in [0.5, 0.6) is 0 Å². The van der Waals surface area contributed by atoms with Gasteiger partial charge in [-0.15, -0.1) is 0 Å². The Morgan fingerprint density at radius 3 is 2.11 bits per heavy atom. The number of benzene rings is 2. The van der Waals surface area contributed by atoms with Crippen molar-refractivity contribution in [1.82, 2.24) is 10.9 Å². The predicted octanol–water partition coefficient (Wildman–Crippen LogP) is 2.71. The molecule has 0 heterocycles. The highest BCUT2D eigenvalue weighted by Crippen LogP contribution is 2.22. The van der Waals surface area contributed by atoms with Gasteiger partial charge in [0, 0.05) is 7.05 Å². The molecule has 0 aromatic heterocycles. The monoisotopic (exact) mass is 254 g/mol. The molecular formula is C16H18N2O. The molecule has 0 aliphatic rings. The van der Waals surface area contributed by atoms with Crippen molar-refractivity contribution in [2.24, 2.45) is 0 Å². The molecule has 1 unspecified atom stereocenters. The Balaban J connectivity index is 2.17. The van der Waals surface area contributed by atoms with Gasteiger partial charge in [-0.3, -0.25) is 10.2 Å². The lowest BCUT2D eigenvalue weighted by Gasteiger charge is -2.12. The number of amides is 1. The van der Waals surface area contributed by atoms with E-state index in [1.807, 2.05) is 49.4 Å². The molecule has 1 amide bonds. The van der Waals surface area contributed by atoms with Crippen molar-refractivity contribution in [2.75, 3.05) is 7.05 Å². The summed E-state index contributed by atoms with van der Waals surface area (Å²) in [5, 5.41) is 0. The first-order chi connectivity index (χ1) is 9.22. The van der Waals surface area contributed by atoms with Crippen LogP contribution in [0.25, 0.3) is 11.1 Å². The molecule has 2 aromatic rings. The van der Waals surface area contributed by atoms with Gasteiger partial charge in [0.05, 0.1) is 5.92 Å². The van der Waals surface area contributed by atoms with Crippen LogP contribution < -0.4 is 10.9 Å². The number of carbonyl (C=O) groups is 1. The van der Waals surface area contributed by atoms with E-state index in [1.165, 1.54) is 5.56 Å². The van der Waals surface area contributed by atoms with Gasteiger partial charge in [-0.2, -0.15) is 0 Å². The summed E-state index contributed by atoms with van der Waals surface area (Å²) in [5.41, 5.74) is 8.60. The van der Waals surface area contributed by atoms with Crippen LogP contribution in [0.1, 0.15) is 18.4 Å². The number of hydrogen-bond acceptors (Lipinski definition) is 2. The molecule has 2 rings (SSSR count). The van der Waals surface area contributed by atoms with Crippen molar-refractivity contribution in [3.05, 3.63) is 60.2 Å². The molecule has 3 heteroatoms. The molecule has 0 saturated carbocycles. The Morgan fingerprint density at radius 1 is 0.947 bits per heavy atom. The molecule has 98 valence electrons. The van der Waals surface area contributed by atoms with Crippen LogP contribution in [-0.4, -0.2) is 13.0 Å². The first-order valence-corrected chi connectivity index (χ1v) is 6.34. The number of hydrazine groups is 1. The van der Waals surface area contributed by atoms with E-state index in [2.05, 4.69) is 23.0 Å². The molecule has 3 nitrogen and oxygen atoms in total. The lowest BCUT2D eigenvalue weighted by molar-refractivity contribution is -0.123. The topological polar surface area (TPSA) is 41.1 Å². The lowest BCUT2D eigenvalue weighted by atomic mass is 9.97. The quantitative estimate of drug-likeness (QED) is 0.824. The van der Waals surface area contributed by atoms with Gasteiger partial charge in [0.2, 0.25) is 5.91 Å². The van der Waals surface area contributed by atoms with Gasteiger partial charge in [-0.05, 0) is 23.6 Å². The second kappa shape index (κ2) is 6.16. The molecule has 19 heavy (non-hydrogen) atoms. The van der Waals surface area contributed by atoms with Crippen LogP contribution in [0, 0.1) is 0 Å². The second-order valence-corrected chi connectivity index (χ2v) is 4.45. The minimum atomic E-state index is -0.169. The van der Waals surface area contributed by atoms with Crippen LogP contribution in [0.3, 0.4) is 0 Å². The highest BCUT2D eigenvalue weighted by molar-refractivity contribution is 5.83. The second-order valence-electron chi connectivity index (χ2n) is 4.45. The molecule has 0 aliphatic heterocycles. The van der Waals surface area contributed by atoms with Gasteiger partial charge < -0.3 is 0 Å². The molecule has 1 atom stereocenters. The van der Waals surface area contributed by atoms with E-state index in [4.69, 9.17) is 0 Å². The maximum atomic E-state index is 11.7. The van der Waals surface area contributed by atoms with Crippen molar-refractivity contribution in [3.63, 3.8) is 0 Å². The lowest BCUT2D eigenvalue weighted by Crippen LogP contribution is -2.37. The Labute approximate surface area is 113 Å². The summed E-state index contributed by atoms with van der Waals surface area (Å²) in [7, 11) is 1.68.